The van der Waals surface area contributed by atoms with Crippen molar-refractivity contribution in [1.82, 2.24) is 5.32 Å². The van der Waals surface area contributed by atoms with Crippen LogP contribution in [0.15, 0.2) is 36.4 Å². The quantitative estimate of drug-likeness (QED) is 0.450. The van der Waals surface area contributed by atoms with Gasteiger partial charge in [0, 0.05) is 28.6 Å². The Labute approximate surface area is 205 Å². The van der Waals surface area contributed by atoms with E-state index in [0.29, 0.717) is 21.8 Å². The Morgan fingerprint density at radius 3 is 2.37 bits per heavy atom. The molecule has 1 spiro atoms. The number of carbonyl (C=O) groups is 5. The van der Waals surface area contributed by atoms with Crippen LogP contribution < -0.4 is 27.0 Å². The number of hydrogen-bond acceptors (Lipinski definition) is 6. The highest BCUT2D eigenvalue weighted by Crippen LogP contribution is 2.55. The molecule has 0 radical (unpaired) electrons. The van der Waals surface area contributed by atoms with Crippen LogP contribution in [0.4, 0.5) is 11.4 Å². The van der Waals surface area contributed by atoms with Gasteiger partial charge in [0.1, 0.15) is 5.54 Å². The lowest BCUT2D eigenvalue weighted by atomic mass is 9.76. The molecular weight excluding hydrogens is 474 g/mol. The van der Waals surface area contributed by atoms with Crippen molar-refractivity contribution in [3.05, 3.63) is 58.1 Å². The van der Waals surface area contributed by atoms with Gasteiger partial charge in [-0.3, -0.25) is 29.3 Å². The third-order valence-electron chi connectivity index (χ3n) is 7.20. The van der Waals surface area contributed by atoms with E-state index >= 15 is 0 Å². The molecule has 2 saturated heterocycles. The summed E-state index contributed by atoms with van der Waals surface area (Å²) in [5, 5.41) is 6.53. The summed E-state index contributed by atoms with van der Waals surface area (Å²) in [5.74, 6) is -4.71. The Morgan fingerprint density at radius 1 is 1.06 bits per heavy atom. The first kappa shape index (κ1) is 23.0. The number of nitrogens with zero attached hydrogens (tertiary/aromatic N) is 1. The molecule has 35 heavy (non-hydrogen) atoms. The summed E-state index contributed by atoms with van der Waals surface area (Å²) in [5.41, 5.74) is 11.3. The van der Waals surface area contributed by atoms with Crippen molar-refractivity contribution in [2.45, 2.75) is 31.3 Å². The molecule has 4 atom stereocenters. The summed E-state index contributed by atoms with van der Waals surface area (Å²) < 4.78 is 0. The van der Waals surface area contributed by atoms with Crippen molar-refractivity contribution in [2.75, 3.05) is 10.2 Å². The van der Waals surface area contributed by atoms with E-state index in [1.54, 1.807) is 19.1 Å². The highest BCUT2D eigenvalue weighted by molar-refractivity contribution is 6.32. The summed E-state index contributed by atoms with van der Waals surface area (Å²) in [6, 6.07) is 8.43. The fourth-order valence-electron chi connectivity index (χ4n) is 5.57. The number of benzene rings is 2. The molecule has 2 unspecified atom stereocenters. The molecule has 3 heterocycles. The Balaban J connectivity index is 1.63. The van der Waals surface area contributed by atoms with Crippen molar-refractivity contribution in [2.24, 2.45) is 23.3 Å². The van der Waals surface area contributed by atoms with E-state index in [4.69, 9.17) is 23.1 Å². The lowest BCUT2D eigenvalue weighted by Crippen LogP contribution is -2.53. The molecular formula is C24H22ClN5O5. The summed E-state index contributed by atoms with van der Waals surface area (Å²) in [7, 11) is 0. The third-order valence-corrected chi connectivity index (χ3v) is 7.61. The molecule has 2 aromatic carbocycles. The van der Waals surface area contributed by atoms with Gasteiger partial charge in [0.25, 0.3) is 0 Å². The number of hydrogen-bond donors (Lipinski definition) is 4. The maximum absolute atomic E-state index is 13.8. The van der Waals surface area contributed by atoms with Crippen LogP contribution in [0.3, 0.4) is 0 Å². The lowest BCUT2D eigenvalue weighted by Gasteiger charge is -2.29. The smallest absolute Gasteiger partial charge is 0.250 e. The number of nitrogens with two attached hydrogens (primary N) is 2. The minimum Gasteiger partial charge on any atom is -0.370 e. The van der Waals surface area contributed by atoms with E-state index in [1.165, 1.54) is 24.3 Å². The number of nitrogens with one attached hydrogen (secondary N) is 2. The zero-order chi connectivity index (χ0) is 25.2. The predicted octanol–water partition coefficient (Wildman–Crippen LogP) is 0.938. The standard InChI is InChI=1S/C24H22ClN5O5/c1-10-14(25)7-6-13-19(10)28-23(35)24(13)18-17(15(29-24)8-9-16(26)31)21(33)30(22(18)34)12-4-2-11(3-5-12)20(27)32/h2-7,15,17-18,29H,8-9H2,1H3,(H2,26,31)(H2,27,32)(H,28,35)/t15?,17-,18+,24?/m1/s1. The van der Waals surface area contributed by atoms with Gasteiger partial charge in [0.15, 0.2) is 0 Å². The highest BCUT2D eigenvalue weighted by Gasteiger charge is 2.70. The second-order valence-electron chi connectivity index (χ2n) is 9.04. The molecule has 0 aromatic heterocycles. The van der Waals surface area contributed by atoms with Gasteiger partial charge < -0.3 is 16.8 Å². The van der Waals surface area contributed by atoms with E-state index in [0.717, 1.165) is 4.90 Å². The third kappa shape index (κ3) is 3.17. The summed E-state index contributed by atoms with van der Waals surface area (Å²) in [4.78, 5) is 65.0. The van der Waals surface area contributed by atoms with Crippen LogP contribution in [-0.2, 0) is 24.7 Å². The first-order valence-corrected chi connectivity index (χ1v) is 11.4. The van der Waals surface area contributed by atoms with E-state index in [-0.39, 0.29) is 24.1 Å². The van der Waals surface area contributed by atoms with Crippen LogP contribution in [0.5, 0.6) is 0 Å². The lowest BCUT2D eigenvalue weighted by molar-refractivity contribution is -0.130. The molecule has 2 aromatic rings. The van der Waals surface area contributed by atoms with E-state index in [9.17, 15) is 24.0 Å². The number of rotatable bonds is 5. The van der Waals surface area contributed by atoms with Crippen LogP contribution in [0.2, 0.25) is 5.02 Å². The molecule has 0 saturated carbocycles. The van der Waals surface area contributed by atoms with Gasteiger partial charge in [-0.2, -0.15) is 0 Å². The molecule has 6 N–H and O–H groups in total. The molecule has 2 fully saturated rings. The minimum atomic E-state index is -1.52. The SMILES string of the molecule is Cc1c(Cl)ccc2c1NC(=O)C21NC(CCC(N)=O)[C@H]2C(=O)N(c3ccc(C(N)=O)cc3)C(=O)[C@H]21. The number of halogens is 1. The maximum Gasteiger partial charge on any atom is 0.250 e. The van der Waals surface area contributed by atoms with Crippen molar-refractivity contribution in [3.8, 4) is 0 Å². The predicted molar refractivity (Wildman–Crippen MR) is 126 cm³/mol. The monoisotopic (exact) mass is 495 g/mol. The first-order chi connectivity index (χ1) is 16.6. The number of fused-ring (bicyclic) bond motifs is 4. The molecule has 11 heteroatoms. The van der Waals surface area contributed by atoms with Crippen LogP contribution in [0.1, 0.15) is 34.3 Å². The van der Waals surface area contributed by atoms with Crippen molar-refractivity contribution in [3.63, 3.8) is 0 Å². The van der Waals surface area contributed by atoms with Gasteiger partial charge in [0.2, 0.25) is 29.5 Å². The average Bonchev–Trinajstić information content (AvgIpc) is 3.40. The highest BCUT2D eigenvalue weighted by atomic mass is 35.5. The van der Waals surface area contributed by atoms with Crippen LogP contribution >= 0.6 is 11.6 Å². The van der Waals surface area contributed by atoms with Crippen LogP contribution in [-0.4, -0.2) is 35.6 Å². The topological polar surface area (TPSA) is 165 Å². The first-order valence-electron chi connectivity index (χ1n) is 11.0. The van der Waals surface area contributed by atoms with Crippen molar-refractivity contribution >= 4 is 52.5 Å². The van der Waals surface area contributed by atoms with Crippen LogP contribution in [0, 0.1) is 18.8 Å². The maximum atomic E-state index is 13.8. The summed E-state index contributed by atoms with van der Waals surface area (Å²) in [6.45, 7) is 1.76. The fourth-order valence-corrected chi connectivity index (χ4v) is 5.72. The van der Waals surface area contributed by atoms with Crippen molar-refractivity contribution < 1.29 is 24.0 Å². The van der Waals surface area contributed by atoms with Gasteiger partial charge in [-0.05, 0) is 49.2 Å². The van der Waals surface area contributed by atoms with Gasteiger partial charge >= 0.3 is 0 Å². The van der Waals surface area contributed by atoms with Gasteiger partial charge in [-0.25, -0.2) is 4.90 Å². The molecule has 0 aliphatic carbocycles. The number of carbonyl (C=O) groups excluding carboxylic acids is 5. The molecule has 180 valence electrons. The number of anilines is 2. The van der Waals surface area contributed by atoms with Gasteiger partial charge in [0.05, 0.1) is 23.2 Å². The molecule has 3 aliphatic heterocycles. The summed E-state index contributed by atoms with van der Waals surface area (Å²) in [6.07, 6.45) is 0.140. The Bertz CT molecular complexity index is 1330. The normalized spacial score (nSPS) is 26.7. The van der Waals surface area contributed by atoms with Crippen LogP contribution in [0.25, 0.3) is 0 Å². The molecule has 5 amide bonds. The molecule has 5 rings (SSSR count). The Hall–Kier alpha value is -3.76. The number of imide groups is 1. The second kappa shape index (κ2) is 7.89. The Morgan fingerprint density at radius 2 is 1.74 bits per heavy atom. The molecule has 0 bridgehead atoms. The Kier molecular flexibility index (Phi) is 5.19. The average molecular weight is 496 g/mol. The fraction of sp³-hybridized carbons (Fsp3) is 0.292. The van der Waals surface area contributed by atoms with E-state index < -0.39 is 53.0 Å². The summed E-state index contributed by atoms with van der Waals surface area (Å²) >= 11 is 6.26. The van der Waals surface area contributed by atoms with Gasteiger partial charge in [-0.15, -0.1) is 0 Å². The largest absolute Gasteiger partial charge is 0.370 e. The van der Waals surface area contributed by atoms with E-state index in [2.05, 4.69) is 10.6 Å². The number of amides is 5. The van der Waals surface area contributed by atoms with Gasteiger partial charge in [-0.1, -0.05) is 17.7 Å². The van der Waals surface area contributed by atoms with E-state index in [1.807, 2.05) is 0 Å². The zero-order valence-electron chi connectivity index (χ0n) is 18.6. The minimum absolute atomic E-state index is 0.0279. The molecule has 10 nitrogen and oxygen atoms in total. The second-order valence-corrected chi connectivity index (χ2v) is 9.45. The van der Waals surface area contributed by atoms with Crippen molar-refractivity contribution in [1.29, 1.82) is 0 Å². The number of primary amides is 2. The zero-order valence-corrected chi connectivity index (χ0v) is 19.4. The molecule has 3 aliphatic rings.